The van der Waals surface area contributed by atoms with Crippen LogP contribution >= 0.6 is 0 Å². The molecule has 1 atom stereocenters. The minimum absolute atomic E-state index is 0.0207. The number of hydrogen-bond acceptors (Lipinski definition) is 7. The molecule has 1 fully saturated rings. The molecule has 5 rings (SSSR count). The van der Waals surface area contributed by atoms with Crippen LogP contribution in [-0.2, 0) is 25.7 Å². The maximum atomic E-state index is 15.0. The van der Waals surface area contributed by atoms with Crippen molar-refractivity contribution in [2.24, 2.45) is 5.92 Å². The first-order chi connectivity index (χ1) is 21.3. The summed E-state index contributed by atoms with van der Waals surface area (Å²) in [6.45, 7) is 4.00. The van der Waals surface area contributed by atoms with Gasteiger partial charge in [0, 0.05) is 57.3 Å². The minimum Gasteiger partial charge on any atom is -0.493 e. The molecule has 0 aromatic heterocycles. The molecule has 2 aromatic carbocycles. The Hall–Kier alpha value is -4.19. The van der Waals surface area contributed by atoms with Gasteiger partial charge in [0.1, 0.15) is 6.04 Å². The zero-order valence-corrected chi connectivity index (χ0v) is 25.3. The molecule has 3 N–H and O–H groups in total. The number of carbonyl (C=O) groups excluding carboxylic acids is 4. The van der Waals surface area contributed by atoms with Crippen molar-refractivity contribution in [3.63, 3.8) is 0 Å². The predicted molar refractivity (Wildman–Crippen MR) is 160 cm³/mol. The van der Waals surface area contributed by atoms with Crippen LogP contribution in [0.25, 0.3) is 0 Å². The molecule has 11 nitrogen and oxygen atoms in total. The lowest BCUT2D eigenvalue weighted by Gasteiger charge is -2.29. The molecule has 0 spiro atoms. The number of rotatable bonds is 3. The molecule has 1 saturated heterocycles. The second-order valence-corrected chi connectivity index (χ2v) is 10.9. The highest BCUT2D eigenvalue weighted by atomic mass is 19.1. The first-order valence-electron chi connectivity index (χ1n) is 15.1. The lowest BCUT2D eigenvalue weighted by molar-refractivity contribution is -0.139. The number of hydrogen-bond donors (Lipinski definition) is 3. The Morgan fingerprint density at radius 1 is 1.02 bits per heavy atom. The molecule has 0 unspecified atom stereocenters. The summed E-state index contributed by atoms with van der Waals surface area (Å²) in [7, 11) is 1.44. The molecule has 0 radical (unpaired) electrons. The highest BCUT2D eigenvalue weighted by Gasteiger charge is 2.27. The van der Waals surface area contributed by atoms with Crippen LogP contribution in [0.4, 0.5) is 4.39 Å². The van der Waals surface area contributed by atoms with Crippen molar-refractivity contribution >= 4 is 23.6 Å². The van der Waals surface area contributed by atoms with Gasteiger partial charge < -0.3 is 35.1 Å². The van der Waals surface area contributed by atoms with Gasteiger partial charge in [0.05, 0.1) is 7.11 Å². The summed E-state index contributed by atoms with van der Waals surface area (Å²) < 4.78 is 31.6. The topological polar surface area (TPSA) is 135 Å². The monoisotopic (exact) mass is 612 g/mol. The summed E-state index contributed by atoms with van der Waals surface area (Å²) in [5, 5.41) is 8.39. The molecule has 4 amide bonds. The van der Waals surface area contributed by atoms with Crippen LogP contribution < -0.4 is 25.4 Å². The largest absolute Gasteiger partial charge is 0.493 e. The van der Waals surface area contributed by atoms with E-state index in [0.717, 1.165) is 0 Å². The van der Waals surface area contributed by atoms with E-state index in [0.29, 0.717) is 81.8 Å². The van der Waals surface area contributed by atoms with E-state index < -0.39 is 11.9 Å². The number of halogens is 1. The van der Waals surface area contributed by atoms with Crippen molar-refractivity contribution in [2.75, 3.05) is 40.0 Å². The van der Waals surface area contributed by atoms with Crippen LogP contribution in [0.2, 0.25) is 0 Å². The van der Waals surface area contributed by atoms with Gasteiger partial charge in [-0.25, -0.2) is 4.39 Å². The van der Waals surface area contributed by atoms with E-state index in [4.69, 9.17) is 14.2 Å². The maximum Gasteiger partial charge on any atom is 0.251 e. The Morgan fingerprint density at radius 3 is 2.52 bits per heavy atom. The SMILES string of the molecule is CC[C@@H]1NC(=O)CCCN(C(=O)C2CCOCC2)CCCNC(=O)c2ccc(OC)c(c2)Oc2ccc(cc2F)CNC1=O. The Morgan fingerprint density at radius 2 is 1.80 bits per heavy atom. The van der Waals surface area contributed by atoms with Crippen molar-refractivity contribution in [1.82, 2.24) is 20.9 Å². The number of nitrogens with one attached hydrogen (secondary N) is 3. The molecule has 3 heterocycles. The second kappa shape index (κ2) is 16.0. The summed E-state index contributed by atoms with van der Waals surface area (Å²) in [5.41, 5.74) is 0.794. The van der Waals surface area contributed by atoms with E-state index in [9.17, 15) is 19.2 Å². The average molecular weight is 613 g/mol. The third-order valence-electron chi connectivity index (χ3n) is 7.77. The molecule has 0 saturated carbocycles. The van der Waals surface area contributed by atoms with Gasteiger partial charge in [-0.2, -0.15) is 0 Å². The van der Waals surface area contributed by atoms with Crippen molar-refractivity contribution in [3.05, 3.63) is 53.3 Å². The third kappa shape index (κ3) is 8.91. The smallest absolute Gasteiger partial charge is 0.251 e. The fourth-order valence-electron chi connectivity index (χ4n) is 5.22. The van der Waals surface area contributed by atoms with Gasteiger partial charge in [-0.1, -0.05) is 13.0 Å². The maximum absolute atomic E-state index is 15.0. The van der Waals surface area contributed by atoms with Crippen LogP contribution in [-0.4, -0.2) is 74.5 Å². The number of fused-ring (bicyclic) bond motifs is 16. The fraction of sp³-hybridized carbons (Fsp3) is 0.500. The Labute approximate surface area is 256 Å². The van der Waals surface area contributed by atoms with Gasteiger partial charge >= 0.3 is 0 Å². The molecular formula is C32H41FN4O7. The van der Waals surface area contributed by atoms with E-state index in [1.807, 2.05) is 0 Å². The van der Waals surface area contributed by atoms with Crippen molar-refractivity contribution < 1.29 is 37.8 Å². The minimum atomic E-state index is -0.750. The first kappa shape index (κ1) is 32.7. The molecule has 3 aliphatic rings. The standard InChI is InChI=1S/C32H41FN4O7/c1-3-25-31(40)35-20-21-7-9-26(24(33)18-21)44-28-19-23(8-10-27(28)42-2)30(39)34-13-5-15-37(14-4-6-29(38)36-25)32(41)22-11-16-43-17-12-22/h7-10,18-19,22,25H,3-6,11-17,20H2,1-2H3,(H,34,39)(H,35,40)(H,36,38)/t25-/m0/s1. The van der Waals surface area contributed by atoms with Gasteiger partial charge in [0.25, 0.3) is 5.91 Å². The summed E-state index contributed by atoms with van der Waals surface area (Å²) >= 11 is 0. The number of amides is 4. The van der Waals surface area contributed by atoms with Crippen molar-refractivity contribution in [1.29, 1.82) is 0 Å². The van der Waals surface area contributed by atoms with Crippen LogP contribution in [0.3, 0.4) is 0 Å². The van der Waals surface area contributed by atoms with E-state index in [1.54, 1.807) is 30.0 Å². The van der Waals surface area contributed by atoms with Crippen molar-refractivity contribution in [2.45, 2.75) is 58.0 Å². The number of methoxy groups -OCH3 is 1. The fourth-order valence-corrected chi connectivity index (χ4v) is 5.22. The van der Waals surface area contributed by atoms with Gasteiger partial charge in [-0.3, -0.25) is 19.2 Å². The van der Waals surface area contributed by atoms with Crippen molar-refractivity contribution in [3.8, 4) is 17.2 Å². The lowest BCUT2D eigenvalue weighted by atomic mass is 9.98. The molecular weight excluding hydrogens is 571 g/mol. The Bertz CT molecular complexity index is 1330. The number of ether oxygens (including phenoxy) is 3. The summed E-state index contributed by atoms with van der Waals surface area (Å²) in [4.78, 5) is 53.6. The predicted octanol–water partition coefficient (Wildman–Crippen LogP) is 3.31. The van der Waals surface area contributed by atoms with Crippen LogP contribution in [0.5, 0.6) is 17.2 Å². The third-order valence-corrected chi connectivity index (χ3v) is 7.77. The highest BCUT2D eigenvalue weighted by Crippen LogP contribution is 2.34. The van der Waals surface area contributed by atoms with E-state index >= 15 is 4.39 Å². The molecule has 2 aromatic rings. The number of carbonyl (C=O) groups is 4. The van der Waals surface area contributed by atoms with Crippen LogP contribution in [0.15, 0.2) is 36.4 Å². The zero-order chi connectivity index (χ0) is 31.5. The molecule has 44 heavy (non-hydrogen) atoms. The quantitative estimate of drug-likeness (QED) is 0.484. The Balaban J connectivity index is 1.54. The molecule has 3 aliphatic heterocycles. The summed E-state index contributed by atoms with van der Waals surface area (Å²) in [6.07, 6.45) is 2.74. The summed E-state index contributed by atoms with van der Waals surface area (Å²) in [6, 6.07) is 8.19. The zero-order valence-electron chi connectivity index (χ0n) is 25.3. The van der Waals surface area contributed by atoms with Crippen LogP contribution in [0, 0.1) is 11.7 Å². The van der Waals surface area contributed by atoms with Gasteiger partial charge in [0.2, 0.25) is 17.7 Å². The highest BCUT2D eigenvalue weighted by molar-refractivity contribution is 5.95. The molecule has 4 bridgehead atoms. The molecule has 12 heteroatoms. The van der Waals surface area contributed by atoms with E-state index in [1.165, 1.54) is 25.3 Å². The lowest BCUT2D eigenvalue weighted by Crippen LogP contribution is -2.46. The second-order valence-electron chi connectivity index (χ2n) is 10.9. The Kier molecular flexibility index (Phi) is 11.9. The summed E-state index contributed by atoms with van der Waals surface area (Å²) in [5.74, 6) is -1.41. The van der Waals surface area contributed by atoms with Gasteiger partial charge in [-0.15, -0.1) is 0 Å². The number of benzene rings is 2. The average Bonchev–Trinajstić information content (AvgIpc) is 3.04. The van der Waals surface area contributed by atoms with Gasteiger partial charge in [0.15, 0.2) is 23.1 Å². The molecule has 0 aliphatic carbocycles. The normalized spacial score (nSPS) is 19.8. The van der Waals surface area contributed by atoms with E-state index in [2.05, 4.69) is 16.0 Å². The van der Waals surface area contributed by atoms with Crippen LogP contribution in [0.1, 0.15) is 61.4 Å². The van der Waals surface area contributed by atoms with E-state index in [-0.39, 0.29) is 54.0 Å². The first-order valence-corrected chi connectivity index (χ1v) is 15.1. The number of nitrogens with zero attached hydrogens (tertiary/aromatic N) is 1. The molecule has 238 valence electrons. The van der Waals surface area contributed by atoms with Gasteiger partial charge in [-0.05, 0) is 68.0 Å².